The summed E-state index contributed by atoms with van der Waals surface area (Å²) in [7, 11) is 0. The van der Waals surface area contributed by atoms with Gasteiger partial charge in [0.25, 0.3) is 0 Å². The molecule has 84 valence electrons. The zero-order valence-electron chi connectivity index (χ0n) is 9.45. The van der Waals surface area contributed by atoms with E-state index in [4.69, 9.17) is 5.73 Å². The molecule has 0 spiro atoms. The third kappa shape index (κ3) is 2.52. The number of nitrogens with one attached hydrogen (secondary N) is 1. The number of nitrogens with zero attached hydrogens (tertiary/aromatic N) is 1. The first-order valence-electron chi connectivity index (χ1n) is 5.16. The Morgan fingerprint density at radius 3 is 2.81 bits per heavy atom. The highest BCUT2D eigenvalue weighted by Crippen LogP contribution is 2.18. The van der Waals surface area contributed by atoms with Crippen LogP contribution in [0.5, 0.6) is 0 Å². The normalized spacial score (nSPS) is 10.4. The SMILES string of the molecule is Cc1ccc(CNc2cc(C)c(N)cn2)s1. The van der Waals surface area contributed by atoms with Crippen LogP contribution in [0.2, 0.25) is 0 Å². The number of hydrogen-bond acceptors (Lipinski definition) is 4. The first kappa shape index (κ1) is 11.0. The average molecular weight is 233 g/mol. The van der Waals surface area contributed by atoms with Crippen LogP contribution in [0.4, 0.5) is 11.5 Å². The smallest absolute Gasteiger partial charge is 0.126 e. The third-order valence-corrected chi connectivity index (χ3v) is 3.39. The Bertz CT molecular complexity index is 491. The lowest BCUT2D eigenvalue weighted by molar-refractivity contribution is 1.13. The Kier molecular flexibility index (Phi) is 3.10. The van der Waals surface area contributed by atoms with Gasteiger partial charge < -0.3 is 11.1 Å². The van der Waals surface area contributed by atoms with Gasteiger partial charge in [-0.1, -0.05) is 0 Å². The summed E-state index contributed by atoms with van der Waals surface area (Å²) in [6.45, 7) is 4.91. The van der Waals surface area contributed by atoms with Crippen LogP contribution in [-0.2, 0) is 6.54 Å². The van der Waals surface area contributed by atoms with Gasteiger partial charge >= 0.3 is 0 Å². The van der Waals surface area contributed by atoms with Crippen molar-refractivity contribution in [3.63, 3.8) is 0 Å². The summed E-state index contributed by atoms with van der Waals surface area (Å²) in [5, 5.41) is 3.29. The second kappa shape index (κ2) is 4.53. The standard InChI is InChI=1S/C12H15N3S/c1-8-5-12(15-7-11(8)13)14-6-10-4-3-9(2)16-10/h3-5,7H,6,13H2,1-2H3,(H,14,15). The van der Waals surface area contributed by atoms with Crippen LogP contribution in [0.15, 0.2) is 24.4 Å². The molecule has 0 amide bonds. The van der Waals surface area contributed by atoms with Crippen LogP contribution < -0.4 is 11.1 Å². The van der Waals surface area contributed by atoms with Crippen LogP contribution in [0.25, 0.3) is 0 Å². The molecule has 0 aliphatic rings. The van der Waals surface area contributed by atoms with E-state index in [0.29, 0.717) is 0 Å². The monoisotopic (exact) mass is 233 g/mol. The van der Waals surface area contributed by atoms with Crippen molar-refractivity contribution in [3.8, 4) is 0 Å². The molecule has 0 aliphatic heterocycles. The zero-order valence-corrected chi connectivity index (χ0v) is 10.3. The molecule has 2 rings (SSSR count). The summed E-state index contributed by atoms with van der Waals surface area (Å²) >= 11 is 1.80. The molecule has 0 saturated carbocycles. The highest BCUT2D eigenvalue weighted by molar-refractivity contribution is 7.11. The quantitative estimate of drug-likeness (QED) is 0.857. The van der Waals surface area contributed by atoms with Crippen molar-refractivity contribution in [2.75, 3.05) is 11.1 Å². The Hall–Kier alpha value is -1.55. The number of anilines is 2. The lowest BCUT2D eigenvalue weighted by Gasteiger charge is -2.06. The number of pyridine rings is 1. The Balaban J connectivity index is 2.02. The fourth-order valence-corrected chi connectivity index (χ4v) is 2.25. The third-order valence-electron chi connectivity index (χ3n) is 2.39. The molecule has 0 saturated heterocycles. The van der Waals surface area contributed by atoms with Crippen molar-refractivity contribution in [3.05, 3.63) is 39.7 Å². The second-order valence-electron chi connectivity index (χ2n) is 3.79. The van der Waals surface area contributed by atoms with E-state index in [-0.39, 0.29) is 0 Å². The summed E-state index contributed by atoms with van der Waals surface area (Å²) in [5.41, 5.74) is 7.50. The molecule has 2 heterocycles. The van der Waals surface area contributed by atoms with E-state index in [1.807, 2.05) is 13.0 Å². The fourth-order valence-electron chi connectivity index (χ4n) is 1.42. The van der Waals surface area contributed by atoms with Crippen molar-refractivity contribution in [1.82, 2.24) is 4.98 Å². The molecule has 2 aromatic rings. The van der Waals surface area contributed by atoms with E-state index in [2.05, 4.69) is 29.4 Å². The van der Waals surface area contributed by atoms with Crippen LogP contribution in [0, 0.1) is 13.8 Å². The van der Waals surface area contributed by atoms with Crippen molar-refractivity contribution in [1.29, 1.82) is 0 Å². The van der Waals surface area contributed by atoms with Gasteiger partial charge in [0, 0.05) is 9.75 Å². The molecule has 3 nitrogen and oxygen atoms in total. The molecule has 2 aromatic heterocycles. The molecule has 3 N–H and O–H groups in total. The molecule has 0 radical (unpaired) electrons. The van der Waals surface area contributed by atoms with Crippen LogP contribution >= 0.6 is 11.3 Å². The molecule has 16 heavy (non-hydrogen) atoms. The summed E-state index contributed by atoms with van der Waals surface area (Å²) in [5.74, 6) is 0.873. The highest BCUT2D eigenvalue weighted by Gasteiger charge is 2.00. The summed E-state index contributed by atoms with van der Waals surface area (Å²) in [4.78, 5) is 6.87. The van der Waals surface area contributed by atoms with Crippen molar-refractivity contribution >= 4 is 22.8 Å². The van der Waals surface area contributed by atoms with Crippen LogP contribution in [0.1, 0.15) is 15.3 Å². The summed E-state index contributed by atoms with van der Waals surface area (Å²) in [6, 6.07) is 6.23. The van der Waals surface area contributed by atoms with Gasteiger partial charge in [-0.3, -0.25) is 0 Å². The topological polar surface area (TPSA) is 50.9 Å². The van der Waals surface area contributed by atoms with Gasteiger partial charge in [-0.05, 0) is 37.6 Å². The Labute approximate surface area is 99.3 Å². The molecule has 0 aromatic carbocycles. The lowest BCUT2D eigenvalue weighted by atomic mass is 10.2. The predicted octanol–water partition coefficient (Wildman–Crippen LogP) is 2.95. The molecule has 0 bridgehead atoms. The minimum atomic E-state index is 0.734. The van der Waals surface area contributed by atoms with E-state index in [1.165, 1.54) is 9.75 Å². The summed E-state index contributed by atoms with van der Waals surface area (Å²) < 4.78 is 0. The van der Waals surface area contributed by atoms with Gasteiger partial charge in [-0.15, -0.1) is 11.3 Å². The van der Waals surface area contributed by atoms with Gasteiger partial charge in [-0.2, -0.15) is 0 Å². The van der Waals surface area contributed by atoms with Crippen molar-refractivity contribution < 1.29 is 0 Å². The maximum atomic E-state index is 5.71. The second-order valence-corrected chi connectivity index (χ2v) is 5.16. The Morgan fingerprint density at radius 2 is 2.19 bits per heavy atom. The molecule has 0 fully saturated rings. The molecule has 0 aliphatic carbocycles. The molecule has 0 atom stereocenters. The average Bonchev–Trinajstić information content (AvgIpc) is 2.66. The summed E-state index contributed by atoms with van der Waals surface area (Å²) in [6.07, 6.45) is 1.69. The molecular formula is C12H15N3S. The first-order chi connectivity index (χ1) is 7.65. The van der Waals surface area contributed by atoms with E-state index in [9.17, 15) is 0 Å². The fraction of sp³-hybridized carbons (Fsp3) is 0.250. The molecule has 0 unspecified atom stereocenters. The number of nitrogen functional groups attached to an aromatic ring is 1. The molecule has 4 heteroatoms. The van der Waals surface area contributed by atoms with Crippen molar-refractivity contribution in [2.45, 2.75) is 20.4 Å². The molecular weight excluding hydrogens is 218 g/mol. The maximum absolute atomic E-state index is 5.71. The van der Waals surface area contributed by atoms with Gasteiger partial charge in [-0.25, -0.2) is 4.98 Å². The number of rotatable bonds is 3. The van der Waals surface area contributed by atoms with Gasteiger partial charge in [0.2, 0.25) is 0 Å². The van der Waals surface area contributed by atoms with Gasteiger partial charge in [0.15, 0.2) is 0 Å². The number of thiophene rings is 1. The van der Waals surface area contributed by atoms with E-state index >= 15 is 0 Å². The zero-order chi connectivity index (χ0) is 11.5. The minimum Gasteiger partial charge on any atom is -0.397 e. The van der Waals surface area contributed by atoms with Crippen LogP contribution in [0.3, 0.4) is 0 Å². The number of aromatic nitrogens is 1. The minimum absolute atomic E-state index is 0.734. The van der Waals surface area contributed by atoms with Gasteiger partial charge in [0.05, 0.1) is 18.4 Å². The highest BCUT2D eigenvalue weighted by atomic mass is 32.1. The van der Waals surface area contributed by atoms with E-state index in [0.717, 1.165) is 23.6 Å². The maximum Gasteiger partial charge on any atom is 0.126 e. The number of nitrogens with two attached hydrogens (primary N) is 1. The lowest BCUT2D eigenvalue weighted by Crippen LogP contribution is -2.01. The number of hydrogen-bond donors (Lipinski definition) is 2. The predicted molar refractivity (Wildman–Crippen MR) is 69.8 cm³/mol. The van der Waals surface area contributed by atoms with Gasteiger partial charge in [0.1, 0.15) is 5.82 Å². The van der Waals surface area contributed by atoms with Crippen molar-refractivity contribution in [2.24, 2.45) is 0 Å². The Morgan fingerprint density at radius 1 is 1.38 bits per heavy atom. The number of aryl methyl sites for hydroxylation is 2. The largest absolute Gasteiger partial charge is 0.397 e. The van der Waals surface area contributed by atoms with E-state index in [1.54, 1.807) is 17.5 Å². The van der Waals surface area contributed by atoms with Crippen LogP contribution in [-0.4, -0.2) is 4.98 Å². The van der Waals surface area contributed by atoms with E-state index < -0.39 is 0 Å². The first-order valence-corrected chi connectivity index (χ1v) is 5.98.